The van der Waals surface area contributed by atoms with Gasteiger partial charge in [-0.3, -0.25) is 9.80 Å². The Hall–Kier alpha value is -1.88. The van der Waals surface area contributed by atoms with Crippen molar-refractivity contribution in [3.05, 3.63) is 29.8 Å². The third-order valence-corrected chi connectivity index (χ3v) is 3.84. The lowest BCUT2D eigenvalue weighted by Gasteiger charge is -2.17. The van der Waals surface area contributed by atoms with Gasteiger partial charge < -0.3 is 10.0 Å². The minimum absolute atomic E-state index is 0.00537. The fraction of sp³-hybridized carbons (Fsp3) is 0.467. The van der Waals surface area contributed by atoms with E-state index in [4.69, 9.17) is 0 Å². The molecular formula is C15H19N3O2. The van der Waals surface area contributed by atoms with Crippen LogP contribution in [0.5, 0.6) is 0 Å². The third kappa shape index (κ3) is 2.54. The number of carbonyl (C=O) groups is 1. The molecule has 1 fully saturated rings. The number of benzene rings is 1. The highest BCUT2D eigenvalue weighted by atomic mass is 16.3. The fourth-order valence-corrected chi connectivity index (χ4v) is 2.65. The van der Waals surface area contributed by atoms with Crippen LogP contribution in [-0.4, -0.2) is 47.4 Å². The second-order valence-electron chi connectivity index (χ2n) is 5.45. The van der Waals surface area contributed by atoms with Gasteiger partial charge in [0.1, 0.15) is 0 Å². The summed E-state index contributed by atoms with van der Waals surface area (Å²) in [6.07, 6.45) is 1.29. The molecule has 1 aromatic rings. The lowest BCUT2D eigenvalue weighted by Crippen LogP contribution is -2.29. The number of nitrogens with zero attached hydrogens (tertiary/aromatic N) is 3. The van der Waals surface area contributed by atoms with Crippen LogP contribution in [0.15, 0.2) is 29.4 Å². The van der Waals surface area contributed by atoms with E-state index >= 15 is 0 Å². The normalized spacial score (nSPS) is 22.3. The maximum atomic E-state index is 12.3. The first-order valence-electron chi connectivity index (χ1n) is 7.02. The molecule has 1 saturated heterocycles. The van der Waals surface area contributed by atoms with Crippen LogP contribution in [0.1, 0.15) is 30.1 Å². The zero-order valence-electron chi connectivity index (χ0n) is 11.6. The van der Waals surface area contributed by atoms with Gasteiger partial charge in [0.05, 0.1) is 11.8 Å². The Morgan fingerprint density at radius 3 is 2.60 bits per heavy atom. The Balaban J connectivity index is 1.71. The SMILES string of the molecule is CC1=NN(c2ccc(C(=O)N3CC[C@H](O)C3)cc2)CC1. The summed E-state index contributed by atoms with van der Waals surface area (Å²) >= 11 is 0. The lowest BCUT2D eigenvalue weighted by molar-refractivity contribution is 0.0765. The van der Waals surface area contributed by atoms with E-state index in [0.717, 1.165) is 24.4 Å². The number of hydrogen-bond donors (Lipinski definition) is 1. The average molecular weight is 273 g/mol. The zero-order valence-corrected chi connectivity index (χ0v) is 11.6. The lowest BCUT2D eigenvalue weighted by atomic mass is 10.2. The summed E-state index contributed by atoms with van der Waals surface area (Å²) in [7, 11) is 0. The summed E-state index contributed by atoms with van der Waals surface area (Å²) in [4.78, 5) is 14.0. The quantitative estimate of drug-likeness (QED) is 0.888. The van der Waals surface area contributed by atoms with E-state index < -0.39 is 0 Å². The van der Waals surface area contributed by atoms with Gasteiger partial charge in [0.25, 0.3) is 5.91 Å². The molecule has 1 atom stereocenters. The Kier molecular flexibility index (Phi) is 3.44. The number of hydrazone groups is 1. The Labute approximate surface area is 118 Å². The second-order valence-corrected chi connectivity index (χ2v) is 5.45. The van der Waals surface area contributed by atoms with Crippen molar-refractivity contribution < 1.29 is 9.90 Å². The minimum atomic E-state index is -0.375. The summed E-state index contributed by atoms with van der Waals surface area (Å²) in [6, 6.07) is 7.54. The standard InChI is InChI=1S/C15H19N3O2/c1-11-6-9-18(16-11)13-4-2-12(3-5-13)15(20)17-8-7-14(19)10-17/h2-5,14,19H,6-10H2,1H3/t14-/m0/s1. The predicted octanol–water partition coefficient (Wildman–Crippen LogP) is 1.48. The van der Waals surface area contributed by atoms with Gasteiger partial charge in [-0.05, 0) is 37.6 Å². The number of rotatable bonds is 2. The average Bonchev–Trinajstić information content (AvgIpc) is 3.07. The highest BCUT2D eigenvalue weighted by Gasteiger charge is 2.25. The third-order valence-electron chi connectivity index (χ3n) is 3.84. The molecule has 5 nitrogen and oxygen atoms in total. The van der Waals surface area contributed by atoms with Gasteiger partial charge in [-0.25, -0.2) is 0 Å². The molecule has 0 unspecified atom stereocenters. The molecule has 3 rings (SSSR count). The van der Waals surface area contributed by atoms with E-state index in [2.05, 4.69) is 5.10 Å². The highest BCUT2D eigenvalue weighted by molar-refractivity contribution is 5.95. The monoisotopic (exact) mass is 273 g/mol. The number of aliphatic hydroxyl groups excluding tert-OH is 1. The predicted molar refractivity (Wildman–Crippen MR) is 78.0 cm³/mol. The van der Waals surface area contributed by atoms with Crippen molar-refractivity contribution in [2.24, 2.45) is 5.10 Å². The van der Waals surface area contributed by atoms with E-state index in [1.165, 1.54) is 0 Å². The van der Waals surface area contributed by atoms with Crippen LogP contribution in [0, 0.1) is 0 Å². The number of aliphatic hydroxyl groups is 1. The molecule has 0 bridgehead atoms. The van der Waals surface area contributed by atoms with Gasteiger partial charge in [-0.1, -0.05) is 0 Å². The number of β-amino-alcohol motifs (C(OH)–C–C–N with tert-alkyl or cyclic N) is 1. The summed E-state index contributed by atoms with van der Waals surface area (Å²) in [5.41, 5.74) is 2.82. The first kappa shape index (κ1) is 13.1. The van der Waals surface area contributed by atoms with Crippen molar-refractivity contribution >= 4 is 17.3 Å². The van der Waals surface area contributed by atoms with Crippen LogP contribution in [0.2, 0.25) is 0 Å². The van der Waals surface area contributed by atoms with Crippen LogP contribution in [0.3, 0.4) is 0 Å². The van der Waals surface area contributed by atoms with Gasteiger partial charge in [0.2, 0.25) is 0 Å². The van der Waals surface area contributed by atoms with Crippen molar-refractivity contribution in [3.63, 3.8) is 0 Å². The molecule has 5 heteroatoms. The molecule has 1 amide bonds. The van der Waals surface area contributed by atoms with Gasteiger partial charge in [0.15, 0.2) is 0 Å². The summed E-state index contributed by atoms with van der Waals surface area (Å²) in [5, 5.41) is 15.9. The number of amides is 1. The van der Waals surface area contributed by atoms with E-state index in [9.17, 15) is 9.90 Å². The van der Waals surface area contributed by atoms with Crippen molar-refractivity contribution in [1.29, 1.82) is 0 Å². The van der Waals surface area contributed by atoms with Crippen molar-refractivity contribution in [3.8, 4) is 0 Å². The minimum Gasteiger partial charge on any atom is -0.391 e. The van der Waals surface area contributed by atoms with Crippen molar-refractivity contribution in [1.82, 2.24) is 4.90 Å². The molecule has 0 aromatic heterocycles. The number of carbonyl (C=O) groups excluding carboxylic acids is 1. The first-order chi connectivity index (χ1) is 9.63. The molecule has 0 radical (unpaired) electrons. The summed E-state index contributed by atoms with van der Waals surface area (Å²) in [5.74, 6) is -0.00537. The van der Waals surface area contributed by atoms with E-state index in [0.29, 0.717) is 25.1 Å². The molecule has 2 heterocycles. The largest absolute Gasteiger partial charge is 0.391 e. The summed E-state index contributed by atoms with van der Waals surface area (Å²) in [6.45, 7) is 4.00. The second kappa shape index (κ2) is 5.25. The fourth-order valence-electron chi connectivity index (χ4n) is 2.65. The summed E-state index contributed by atoms with van der Waals surface area (Å²) < 4.78 is 0. The van der Waals surface area contributed by atoms with Gasteiger partial charge in [0, 0.05) is 37.3 Å². The van der Waals surface area contributed by atoms with Crippen LogP contribution < -0.4 is 5.01 Å². The van der Waals surface area contributed by atoms with Crippen LogP contribution in [-0.2, 0) is 0 Å². The highest BCUT2D eigenvalue weighted by Crippen LogP contribution is 2.21. The van der Waals surface area contributed by atoms with Crippen molar-refractivity contribution in [2.75, 3.05) is 24.6 Å². The molecule has 0 saturated carbocycles. The molecule has 2 aliphatic rings. The molecule has 20 heavy (non-hydrogen) atoms. The molecule has 2 aliphatic heterocycles. The maximum Gasteiger partial charge on any atom is 0.253 e. The number of likely N-dealkylation sites (tertiary alicyclic amines) is 1. The van der Waals surface area contributed by atoms with Crippen molar-refractivity contribution in [2.45, 2.75) is 25.9 Å². The van der Waals surface area contributed by atoms with Gasteiger partial charge >= 0.3 is 0 Å². The van der Waals surface area contributed by atoms with Gasteiger partial charge in [-0.15, -0.1) is 0 Å². The number of hydrogen-bond acceptors (Lipinski definition) is 4. The Bertz CT molecular complexity index is 539. The zero-order chi connectivity index (χ0) is 14.1. The Morgan fingerprint density at radius 1 is 1.30 bits per heavy atom. The Morgan fingerprint density at radius 2 is 2.05 bits per heavy atom. The maximum absolute atomic E-state index is 12.3. The first-order valence-corrected chi connectivity index (χ1v) is 7.02. The van der Waals surface area contributed by atoms with E-state index in [1.807, 2.05) is 36.2 Å². The van der Waals surface area contributed by atoms with Crippen LogP contribution in [0.25, 0.3) is 0 Å². The topological polar surface area (TPSA) is 56.1 Å². The smallest absolute Gasteiger partial charge is 0.253 e. The molecule has 0 aliphatic carbocycles. The molecule has 0 spiro atoms. The molecule has 1 N–H and O–H groups in total. The molecule has 106 valence electrons. The number of anilines is 1. The molecule has 1 aromatic carbocycles. The van der Waals surface area contributed by atoms with Gasteiger partial charge in [-0.2, -0.15) is 5.10 Å². The van der Waals surface area contributed by atoms with Crippen LogP contribution >= 0.6 is 0 Å². The van der Waals surface area contributed by atoms with E-state index in [-0.39, 0.29) is 12.0 Å². The molecular weight excluding hydrogens is 254 g/mol. The van der Waals surface area contributed by atoms with Crippen LogP contribution in [0.4, 0.5) is 5.69 Å². The van der Waals surface area contributed by atoms with E-state index in [1.54, 1.807) is 4.90 Å².